The fourth-order valence-electron chi connectivity index (χ4n) is 2.22. The Kier molecular flexibility index (Phi) is 7.85. The van der Waals surface area contributed by atoms with Crippen LogP contribution in [-0.4, -0.2) is 18.8 Å². The summed E-state index contributed by atoms with van der Waals surface area (Å²) < 4.78 is 6.01. The minimum Gasteiger partial charge on any atom is -0.489 e. The number of hydrogen-bond acceptors (Lipinski definition) is 3. The van der Waals surface area contributed by atoms with Gasteiger partial charge in [0.2, 0.25) is 0 Å². The zero-order valence-electron chi connectivity index (χ0n) is 15.3. The lowest BCUT2D eigenvalue weighted by Gasteiger charge is -2.30. The Labute approximate surface area is 136 Å². The van der Waals surface area contributed by atoms with E-state index in [1.165, 1.54) is 11.1 Å². The lowest BCUT2D eigenvalue weighted by molar-refractivity contribution is 0.339. The van der Waals surface area contributed by atoms with Crippen molar-refractivity contribution in [2.24, 2.45) is 5.73 Å². The van der Waals surface area contributed by atoms with Crippen LogP contribution in [0.25, 0.3) is 0 Å². The number of hydrogen-bond donors (Lipinski definition) is 2. The van der Waals surface area contributed by atoms with Crippen molar-refractivity contribution in [3.63, 3.8) is 0 Å². The molecule has 0 aliphatic carbocycles. The molecule has 0 spiro atoms. The molecule has 0 unspecified atom stereocenters. The zero-order chi connectivity index (χ0) is 17.6. The van der Waals surface area contributed by atoms with Crippen LogP contribution in [0.4, 0.5) is 0 Å². The molecule has 0 atom stereocenters. The first-order valence-corrected chi connectivity index (χ1v) is 7.67. The number of ether oxygens (including phenoxy) is 1. The second kappa shape index (κ2) is 8.35. The zero-order valence-corrected chi connectivity index (χ0v) is 15.3. The summed E-state index contributed by atoms with van der Waals surface area (Å²) in [4.78, 5) is 0. The number of benzene rings is 1. The number of aliphatic hydroxyl groups is 1. The molecule has 3 nitrogen and oxygen atoms in total. The summed E-state index contributed by atoms with van der Waals surface area (Å²) in [6, 6.07) is 4.35. The highest BCUT2D eigenvalue weighted by molar-refractivity contribution is 5.51. The molecular weight excluding hydrogens is 274 g/mol. The summed E-state index contributed by atoms with van der Waals surface area (Å²) in [5, 5.41) is 7.00. The molecule has 3 heteroatoms. The van der Waals surface area contributed by atoms with Crippen molar-refractivity contribution in [3.05, 3.63) is 41.5 Å². The summed E-state index contributed by atoms with van der Waals surface area (Å²) in [6.07, 6.45) is 1.79. The van der Waals surface area contributed by atoms with Crippen LogP contribution in [0.2, 0.25) is 0 Å². The van der Waals surface area contributed by atoms with Crippen LogP contribution in [0.1, 0.15) is 58.2 Å². The van der Waals surface area contributed by atoms with Crippen LogP contribution < -0.4 is 10.5 Å². The predicted octanol–water partition coefficient (Wildman–Crippen LogP) is 3.91. The number of nitrogens with two attached hydrogens (primary N) is 1. The maximum Gasteiger partial charge on any atom is 0.127 e. The van der Waals surface area contributed by atoms with Crippen molar-refractivity contribution in [1.29, 1.82) is 0 Å². The van der Waals surface area contributed by atoms with Crippen LogP contribution in [0.3, 0.4) is 0 Å². The van der Waals surface area contributed by atoms with Crippen LogP contribution in [0.15, 0.2) is 24.8 Å². The van der Waals surface area contributed by atoms with Crippen molar-refractivity contribution in [2.45, 2.75) is 58.9 Å². The fourth-order valence-corrected chi connectivity index (χ4v) is 2.22. The molecule has 22 heavy (non-hydrogen) atoms. The largest absolute Gasteiger partial charge is 0.489 e. The van der Waals surface area contributed by atoms with Gasteiger partial charge in [-0.2, -0.15) is 0 Å². The molecule has 0 aliphatic heterocycles. The van der Waals surface area contributed by atoms with Gasteiger partial charge in [-0.25, -0.2) is 0 Å². The van der Waals surface area contributed by atoms with E-state index in [9.17, 15) is 0 Å². The standard InChI is InChI=1S/C18H29NO.CH4O/c1-8-9-20-16-14(17(2,3)4)10-13(12-19)11-15(16)18(5,6)7;1-2/h8,10-11H,1,9,12,19H2,2-7H3;2H,1H3. The summed E-state index contributed by atoms with van der Waals surface area (Å²) in [7, 11) is 1.00. The van der Waals surface area contributed by atoms with Gasteiger partial charge in [-0.05, 0) is 16.4 Å². The molecule has 0 amide bonds. The van der Waals surface area contributed by atoms with E-state index in [1.54, 1.807) is 6.08 Å². The first-order chi connectivity index (χ1) is 10.1. The Bertz CT molecular complexity index is 444. The Morgan fingerprint density at radius 2 is 1.45 bits per heavy atom. The minimum absolute atomic E-state index is 0.0156. The van der Waals surface area contributed by atoms with Gasteiger partial charge in [0, 0.05) is 24.8 Å². The van der Waals surface area contributed by atoms with Crippen LogP contribution in [-0.2, 0) is 17.4 Å². The molecule has 1 aromatic rings. The summed E-state index contributed by atoms with van der Waals surface area (Å²) in [5.41, 5.74) is 9.49. The number of rotatable bonds is 4. The molecule has 0 aromatic heterocycles. The lowest BCUT2D eigenvalue weighted by Crippen LogP contribution is -2.21. The van der Waals surface area contributed by atoms with E-state index in [0.29, 0.717) is 13.2 Å². The Balaban J connectivity index is 0.00000211. The predicted molar refractivity (Wildman–Crippen MR) is 95.6 cm³/mol. The fraction of sp³-hybridized carbons (Fsp3) is 0.579. The first-order valence-electron chi connectivity index (χ1n) is 7.67. The summed E-state index contributed by atoms with van der Waals surface area (Å²) in [6.45, 7) is 18.0. The van der Waals surface area contributed by atoms with Crippen molar-refractivity contribution in [1.82, 2.24) is 0 Å². The SMILES string of the molecule is C=CCOc1c(C(C)(C)C)cc(CN)cc1C(C)(C)C.CO. The Hall–Kier alpha value is -1.32. The molecule has 3 N–H and O–H groups in total. The van der Waals surface area contributed by atoms with Gasteiger partial charge in [0.25, 0.3) is 0 Å². The molecule has 0 saturated heterocycles. The summed E-state index contributed by atoms with van der Waals surface area (Å²) in [5.74, 6) is 0.988. The molecule has 0 fully saturated rings. The molecular formula is C19H33NO2. The molecule has 0 radical (unpaired) electrons. The van der Waals surface area contributed by atoms with E-state index in [4.69, 9.17) is 15.6 Å². The lowest BCUT2D eigenvalue weighted by atomic mass is 9.78. The second-order valence-corrected chi connectivity index (χ2v) is 7.32. The highest BCUT2D eigenvalue weighted by Crippen LogP contribution is 2.40. The van der Waals surface area contributed by atoms with E-state index < -0.39 is 0 Å². The smallest absolute Gasteiger partial charge is 0.127 e. The van der Waals surface area contributed by atoms with Crippen molar-refractivity contribution >= 4 is 0 Å². The molecule has 0 bridgehead atoms. The quantitative estimate of drug-likeness (QED) is 0.829. The van der Waals surface area contributed by atoms with E-state index >= 15 is 0 Å². The molecule has 126 valence electrons. The highest BCUT2D eigenvalue weighted by Gasteiger charge is 2.27. The third kappa shape index (κ3) is 5.47. The van der Waals surface area contributed by atoms with E-state index in [2.05, 4.69) is 60.3 Å². The third-order valence-electron chi connectivity index (χ3n) is 3.35. The maximum absolute atomic E-state index is 7.00. The Morgan fingerprint density at radius 1 is 1.05 bits per heavy atom. The average molecular weight is 307 g/mol. The van der Waals surface area contributed by atoms with Crippen molar-refractivity contribution in [2.75, 3.05) is 13.7 Å². The second-order valence-electron chi connectivity index (χ2n) is 7.32. The molecule has 1 rings (SSSR count). The van der Waals surface area contributed by atoms with Crippen molar-refractivity contribution in [3.8, 4) is 5.75 Å². The molecule has 0 heterocycles. The van der Waals surface area contributed by atoms with E-state index in [0.717, 1.165) is 18.4 Å². The monoisotopic (exact) mass is 307 g/mol. The molecule has 0 saturated carbocycles. The van der Waals surface area contributed by atoms with Gasteiger partial charge in [-0.15, -0.1) is 0 Å². The average Bonchev–Trinajstić information content (AvgIpc) is 2.44. The minimum atomic E-state index is 0.0156. The van der Waals surface area contributed by atoms with Gasteiger partial charge < -0.3 is 15.6 Å². The maximum atomic E-state index is 7.00. The summed E-state index contributed by atoms with van der Waals surface area (Å²) >= 11 is 0. The van der Waals surface area contributed by atoms with Crippen LogP contribution in [0, 0.1) is 0 Å². The molecule has 0 aliphatic rings. The normalized spacial score (nSPS) is 11.5. The van der Waals surface area contributed by atoms with Crippen LogP contribution in [0.5, 0.6) is 5.75 Å². The highest BCUT2D eigenvalue weighted by atomic mass is 16.5. The van der Waals surface area contributed by atoms with Gasteiger partial charge in [0.1, 0.15) is 12.4 Å². The molecule has 1 aromatic carbocycles. The van der Waals surface area contributed by atoms with Gasteiger partial charge in [-0.3, -0.25) is 0 Å². The first kappa shape index (κ1) is 20.7. The van der Waals surface area contributed by atoms with Gasteiger partial charge in [0.05, 0.1) is 0 Å². The van der Waals surface area contributed by atoms with E-state index in [1.807, 2.05) is 0 Å². The van der Waals surface area contributed by atoms with Gasteiger partial charge >= 0.3 is 0 Å². The number of aliphatic hydroxyl groups excluding tert-OH is 1. The van der Waals surface area contributed by atoms with Gasteiger partial charge in [0.15, 0.2) is 0 Å². The Morgan fingerprint density at radius 3 is 1.73 bits per heavy atom. The topological polar surface area (TPSA) is 55.5 Å². The van der Waals surface area contributed by atoms with Gasteiger partial charge in [-0.1, -0.05) is 66.3 Å². The van der Waals surface area contributed by atoms with Crippen LogP contribution >= 0.6 is 0 Å². The van der Waals surface area contributed by atoms with Crippen molar-refractivity contribution < 1.29 is 9.84 Å². The third-order valence-corrected chi connectivity index (χ3v) is 3.35. The van der Waals surface area contributed by atoms with E-state index in [-0.39, 0.29) is 10.8 Å².